The number of carbonyl (C=O) groups is 1. The summed E-state index contributed by atoms with van der Waals surface area (Å²) in [6.07, 6.45) is 0.962. The molecule has 0 aromatic heterocycles. The molecule has 0 aliphatic carbocycles. The van der Waals surface area contributed by atoms with E-state index in [0.29, 0.717) is 31.1 Å². The second-order valence-corrected chi connectivity index (χ2v) is 5.60. The first-order valence-electron chi connectivity index (χ1n) is 7.48. The number of amides is 1. The van der Waals surface area contributed by atoms with Crippen LogP contribution in [0.2, 0.25) is 5.02 Å². The summed E-state index contributed by atoms with van der Waals surface area (Å²) in [4.78, 5) is 16.8. The topological polar surface area (TPSA) is 47.6 Å². The van der Waals surface area contributed by atoms with Gasteiger partial charge in [-0.25, -0.2) is 5.48 Å². The van der Waals surface area contributed by atoms with E-state index in [1.54, 1.807) is 6.07 Å². The van der Waals surface area contributed by atoms with Crippen molar-refractivity contribution in [1.82, 2.24) is 5.48 Å². The Labute approximate surface area is 141 Å². The average Bonchev–Trinajstić information content (AvgIpc) is 2.54. The predicted octanol–water partition coefficient (Wildman–Crippen LogP) is 4.06. The minimum Gasteiger partial charge on any atom is -0.493 e. The smallest absolute Gasteiger partial charge is 0.243 e. The van der Waals surface area contributed by atoms with Gasteiger partial charge in [0.15, 0.2) is 0 Å². The molecule has 0 unspecified atom stereocenters. The van der Waals surface area contributed by atoms with Crippen LogP contribution in [0.15, 0.2) is 48.5 Å². The van der Waals surface area contributed by atoms with Gasteiger partial charge in [0.1, 0.15) is 5.75 Å². The Morgan fingerprint density at radius 1 is 1.17 bits per heavy atom. The second kappa shape index (κ2) is 9.18. The van der Waals surface area contributed by atoms with Crippen LogP contribution in [0.1, 0.15) is 24.0 Å². The molecular formula is C18H20ClNO3. The molecule has 0 heterocycles. The van der Waals surface area contributed by atoms with Crippen LogP contribution in [-0.4, -0.2) is 12.5 Å². The highest BCUT2D eigenvalue weighted by atomic mass is 35.5. The van der Waals surface area contributed by atoms with E-state index < -0.39 is 0 Å². The van der Waals surface area contributed by atoms with Gasteiger partial charge in [-0.1, -0.05) is 41.9 Å². The van der Waals surface area contributed by atoms with Crippen LogP contribution in [-0.2, 0) is 16.2 Å². The molecule has 0 atom stereocenters. The van der Waals surface area contributed by atoms with Crippen molar-refractivity contribution in [3.63, 3.8) is 0 Å². The Hall–Kier alpha value is -2.04. The van der Waals surface area contributed by atoms with Crippen molar-refractivity contribution in [3.05, 3.63) is 64.7 Å². The normalized spacial score (nSPS) is 10.3. The zero-order valence-electron chi connectivity index (χ0n) is 13.0. The number of nitrogens with one attached hydrogen (secondary N) is 1. The summed E-state index contributed by atoms with van der Waals surface area (Å²) < 4.78 is 5.64. The fraction of sp³-hybridized carbons (Fsp3) is 0.278. The minimum absolute atomic E-state index is 0.155. The molecule has 5 heteroatoms. The summed E-state index contributed by atoms with van der Waals surface area (Å²) in [5, 5.41) is 0.685. The molecule has 23 heavy (non-hydrogen) atoms. The van der Waals surface area contributed by atoms with Crippen LogP contribution >= 0.6 is 11.6 Å². The van der Waals surface area contributed by atoms with Crippen LogP contribution in [0.5, 0.6) is 5.75 Å². The number of hydroxylamine groups is 1. The lowest BCUT2D eigenvalue weighted by molar-refractivity contribution is -0.134. The van der Waals surface area contributed by atoms with Gasteiger partial charge in [0, 0.05) is 11.4 Å². The Balaban J connectivity index is 1.59. The molecule has 4 nitrogen and oxygen atoms in total. The van der Waals surface area contributed by atoms with Crippen molar-refractivity contribution in [2.45, 2.75) is 26.4 Å². The number of halogens is 1. The summed E-state index contributed by atoms with van der Waals surface area (Å²) in [5.74, 6) is 0.632. The van der Waals surface area contributed by atoms with Gasteiger partial charge in [-0.15, -0.1) is 0 Å². The first kappa shape index (κ1) is 17.3. The number of benzene rings is 2. The lowest BCUT2D eigenvalue weighted by Gasteiger charge is -2.09. The third-order valence-electron chi connectivity index (χ3n) is 3.21. The minimum atomic E-state index is -0.155. The van der Waals surface area contributed by atoms with Gasteiger partial charge >= 0.3 is 0 Å². The zero-order chi connectivity index (χ0) is 16.5. The summed E-state index contributed by atoms with van der Waals surface area (Å²) in [6, 6.07) is 15.1. The fourth-order valence-corrected chi connectivity index (χ4v) is 2.24. The van der Waals surface area contributed by atoms with Crippen molar-refractivity contribution < 1.29 is 14.4 Å². The molecule has 0 fully saturated rings. The van der Waals surface area contributed by atoms with Crippen molar-refractivity contribution in [2.75, 3.05) is 6.61 Å². The molecule has 2 aromatic rings. The third kappa shape index (κ3) is 6.30. The van der Waals surface area contributed by atoms with E-state index in [2.05, 4.69) is 5.48 Å². The molecule has 0 spiro atoms. The van der Waals surface area contributed by atoms with Crippen LogP contribution in [0.4, 0.5) is 0 Å². The van der Waals surface area contributed by atoms with E-state index in [1.165, 1.54) is 0 Å². The van der Waals surface area contributed by atoms with E-state index in [4.69, 9.17) is 21.2 Å². The van der Waals surface area contributed by atoms with E-state index in [-0.39, 0.29) is 5.91 Å². The Morgan fingerprint density at radius 3 is 2.70 bits per heavy atom. The molecule has 2 aromatic carbocycles. The molecule has 2 rings (SSSR count). The highest BCUT2D eigenvalue weighted by Gasteiger charge is 2.04. The Kier molecular flexibility index (Phi) is 6.91. The van der Waals surface area contributed by atoms with Gasteiger partial charge in [-0.3, -0.25) is 9.63 Å². The molecule has 1 amide bonds. The van der Waals surface area contributed by atoms with Crippen LogP contribution in [0.3, 0.4) is 0 Å². The molecule has 0 radical (unpaired) electrons. The average molecular weight is 334 g/mol. The Morgan fingerprint density at radius 2 is 1.96 bits per heavy atom. The molecule has 0 saturated carbocycles. The third-order valence-corrected chi connectivity index (χ3v) is 3.45. The van der Waals surface area contributed by atoms with Crippen LogP contribution < -0.4 is 10.2 Å². The SMILES string of the molecule is Cc1cc(Cl)ccc1OCCCC(=O)NOCc1ccccc1. The monoisotopic (exact) mass is 333 g/mol. The van der Waals surface area contributed by atoms with Crippen LogP contribution in [0.25, 0.3) is 0 Å². The van der Waals surface area contributed by atoms with E-state index in [9.17, 15) is 4.79 Å². The van der Waals surface area contributed by atoms with Gasteiger partial charge in [0.05, 0.1) is 13.2 Å². The van der Waals surface area contributed by atoms with E-state index in [0.717, 1.165) is 16.9 Å². The van der Waals surface area contributed by atoms with E-state index in [1.807, 2.05) is 49.4 Å². The highest BCUT2D eigenvalue weighted by Crippen LogP contribution is 2.21. The zero-order valence-corrected chi connectivity index (χ0v) is 13.8. The first-order valence-corrected chi connectivity index (χ1v) is 7.86. The summed E-state index contributed by atoms with van der Waals surface area (Å²) in [5.41, 5.74) is 4.43. The number of aryl methyl sites for hydroxylation is 1. The largest absolute Gasteiger partial charge is 0.493 e. The standard InChI is InChI=1S/C18H20ClNO3/c1-14-12-16(19)9-10-17(14)22-11-5-8-18(21)20-23-13-15-6-3-2-4-7-15/h2-4,6-7,9-10,12H,5,8,11,13H2,1H3,(H,20,21). The van der Waals surface area contributed by atoms with Gasteiger partial charge < -0.3 is 4.74 Å². The molecule has 0 aliphatic heterocycles. The van der Waals surface area contributed by atoms with Gasteiger partial charge in [0.25, 0.3) is 0 Å². The fourth-order valence-electron chi connectivity index (χ4n) is 2.01. The number of rotatable bonds is 8. The number of ether oxygens (including phenoxy) is 1. The lowest BCUT2D eigenvalue weighted by atomic mass is 10.2. The number of hydrogen-bond acceptors (Lipinski definition) is 3. The maximum Gasteiger partial charge on any atom is 0.243 e. The summed E-state index contributed by atoms with van der Waals surface area (Å²) in [7, 11) is 0. The maximum absolute atomic E-state index is 11.6. The summed E-state index contributed by atoms with van der Waals surface area (Å²) in [6.45, 7) is 2.76. The quantitative estimate of drug-likeness (QED) is 0.585. The second-order valence-electron chi connectivity index (χ2n) is 5.16. The Bertz CT molecular complexity index is 631. The molecule has 0 saturated heterocycles. The number of carbonyl (C=O) groups excluding carboxylic acids is 1. The maximum atomic E-state index is 11.6. The first-order chi connectivity index (χ1) is 11.1. The molecule has 122 valence electrons. The van der Waals surface area contributed by atoms with Crippen molar-refractivity contribution in [1.29, 1.82) is 0 Å². The van der Waals surface area contributed by atoms with Crippen molar-refractivity contribution in [2.24, 2.45) is 0 Å². The van der Waals surface area contributed by atoms with Crippen molar-refractivity contribution in [3.8, 4) is 5.75 Å². The molecular weight excluding hydrogens is 314 g/mol. The molecule has 1 N–H and O–H groups in total. The molecule has 0 aliphatic rings. The van der Waals surface area contributed by atoms with Crippen LogP contribution in [0, 0.1) is 6.92 Å². The molecule has 0 bridgehead atoms. The van der Waals surface area contributed by atoms with Gasteiger partial charge in [0.2, 0.25) is 5.91 Å². The number of hydrogen-bond donors (Lipinski definition) is 1. The van der Waals surface area contributed by atoms with E-state index >= 15 is 0 Å². The summed E-state index contributed by atoms with van der Waals surface area (Å²) >= 11 is 5.89. The highest BCUT2D eigenvalue weighted by molar-refractivity contribution is 6.30. The van der Waals surface area contributed by atoms with Gasteiger partial charge in [-0.2, -0.15) is 0 Å². The lowest BCUT2D eigenvalue weighted by Crippen LogP contribution is -2.23. The van der Waals surface area contributed by atoms with Gasteiger partial charge in [-0.05, 0) is 42.7 Å². The predicted molar refractivity (Wildman–Crippen MR) is 90.3 cm³/mol. The van der Waals surface area contributed by atoms with Crippen molar-refractivity contribution >= 4 is 17.5 Å².